The second-order valence-electron chi connectivity index (χ2n) is 4.55. The van der Waals surface area contributed by atoms with Crippen LogP contribution in [0.4, 0.5) is 13.2 Å². The number of benzene rings is 1. The fourth-order valence-electron chi connectivity index (χ4n) is 2.23. The average molecular weight is 303 g/mol. The fourth-order valence-corrected chi connectivity index (χ4v) is 2.23. The molecule has 0 amide bonds. The topological polar surface area (TPSA) is 58.8 Å². The first-order chi connectivity index (χ1) is 10.5. The fraction of sp³-hybridized carbons (Fsp3) is 0.133. The third-order valence-electron chi connectivity index (χ3n) is 3.10. The molecule has 2 aromatic rings. The Morgan fingerprint density at radius 1 is 1.14 bits per heavy atom. The van der Waals surface area contributed by atoms with Gasteiger partial charge in [-0.1, -0.05) is 6.08 Å². The summed E-state index contributed by atoms with van der Waals surface area (Å²) in [5.41, 5.74) is 2.67. The molecule has 0 unspecified atom stereocenters. The van der Waals surface area contributed by atoms with E-state index in [0.717, 1.165) is 5.56 Å². The molecule has 0 atom stereocenters. The van der Waals surface area contributed by atoms with Crippen molar-refractivity contribution in [3.63, 3.8) is 0 Å². The van der Waals surface area contributed by atoms with Crippen LogP contribution in [0.5, 0.6) is 5.75 Å². The van der Waals surface area contributed by atoms with Crippen molar-refractivity contribution in [1.29, 1.82) is 5.26 Å². The van der Waals surface area contributed by atoms with Crippen LogP contribution in [0.15, 0.2) is 30.3 Å². The van der Waals surface area contributed by atoms with Crippen molar-refractivity contribution in [3.8, 4) is 23.1 Å². The molecule has 3 rings (SSSR count). The van der Waals surface area contributed by atoms with Crippen molar-refractivity contribution in [2.45, 2.75) is 12.8 Å². The number of nitrogens with zero attached hydrogens (tertiary/aromatic N) is 3. The second-order valence-corrected chi connectivity index (χ2v) is 4.55. The summed E-state index contributed by atoms with van der Waals surface area (Å²) in [6, 6.07) is 7.26. The van der Waals surface area contributed by atoms with Crippen molar-refractivity contribution in [3.05, 3.63) is 47.4 Å². The standard InChI is InChI=1S/C15H8F3N3O/c16-15(17,18)22-10-6-4-9(5-7-10)14-11-2-1-3-12(11)20-13(8-19)21-14/h1,3-7H,2H2. The number of halogens is 3. The van der Waals surface area contributed by atoms with Crippen molar-refractivity contribution < 1.29 is 17.9 Å². The Morgan fingerprint density at radius 3 is 2.50 bits per heavy atom. The first-order valence-corrected chi connectivity index (χ1v) is 6.30. The largest absolute Gasteiger partial charge is 0.573 e. The first-order valence-electron chi connectivity index (χ1n) is 6.30. The zero-order chi connectivity index (χ0) is 15.7. The lowest BCUT2D eigenvalue weighted by molar-refractivity contribution is -0.274. The molecule has 1 aliphatic carbocycles. The summed E-state index contributed by atoms with van der Waals surface area (Å²) >= 11 is 0. The van der Waals surface area contributed by atoms with Gasteiger partial charge in [-0.25, -0.2) is 9.97 Å². The molecule has 1 aromatic carbocycles. The Labute approximate surface area is 123 Å². The maximum absolute atomic E-state index is 12.2. The maximum atomic E-state index is 12.2. The van der Waals surface area contributed by atoms with Crippen LogP contribution in [-0.4, -0.2) is 16.3 Å². The molecule has 7 heteroatoms. The summed E-state index contributed by atoms with van der Waals surface area (Å²) in [7, 11) is 0. The molecule has 22 heavy (non-hydrogen) atoms. The summed E-state index contributed by atoms with van der Waals surface area (Å²) in [5, 5.41) is 8.97. The van der Waals surface area contributed by atoms with Gasteiger partial charge in [0.25, 0.3) is 0 Å². The van der Waals surface area contributed by atoms with Gasteiger partial charge in [-0.2, -0.15) is 5.26 Å². The third-order valence-corrected chi connectivity index (χ3v) is 3.10. The SMILES string of the molecule is N#Cc1nc2c(c(-c3ccc(OC(F)(F)F)cc3)n1)CC=C2. The van der Waals surface area contributed by atoms with Crippen LogP contribution in [0.1, 0.15) is 17.1 Å². The molecule has 0 saturated carbocycles. The van der Waals surface area contributed by atoms with Gasteiger partial charge in [0.15, 0.2) is 0 Å². The molecule has 0 N–H and O–H groups in total. The van der Waals surface area contributed by atoms with Gasteiger partial charge in [-0.05, 0) is 36.8 Å². The highest BCUT2D eigenvalue weighted by Crippen LogP contribution is 2.31. The van der Waals surface area contributed by atoms with Gasteiger partial charge in [0.1, 0.15) is 11.8 Å². The third kappa shape index (κ3) is 2.76. The van der Waals surface area contributed by atoms with E-state index in [2.05, 4.69) is 14.7 Å². The summed E-state index contributed by atoms with van der Waals surface area (Å²) in [6.45, 7) is 0. The number of hydrogen-bond donors (Lipinski definition) is 0. The Bertz CT molecular complexity index is 789. The van der Waals surface area contributed by atoms with Crippen molar-refractivity contribution in [1.82, 2.24) is 9.97 Å². The smallest absolute Gasteiger partial charge is 0.406 e. The molecule has 0 aliphatic heterocycles. The maximum Gasteiger partial charge on any atom is 0.573 e. The van der Waals surface area contributed by atoms with E-state index in [9.17, 15) is 13.2 Å². The number of aromatic nitrogens is 2. The predicted octanol–water partition coefficient (Wildman–Crippen LogP) is 3.48. The molecule has 1 aromatic heterocycles. The van der Waals surface area contributed by atoms with E-state index < -0.39 is 6.36 Å². The molecule has 0 spiro atoms. The Kier molecular flexibility index (Phi) is 3.29. The predicted molar refractivity (Wildman–Crippen MR) is 71.6 cm³/mol. The first kappa shape index (κ1) is 14.1. The van der Waals surface area contributed by atoms with Gasteiger partial charge >= 0.3 is 6.36 Å². The van der Waals surface area contributed by atoms with Crippen LogP contribution in [-0.2, 0) is 6.42 Å². The van der Waals surface area contributed by atoms with Gasteiger partial charge in [0, 0.05) is 11.1 Å². The van der Waals surface area contributed by atoms with E-state index in [-0.39, 0.29) is 11.6 Å². The minimum Gasteiger partial charge on any atom is -0.406 e. The average Bonchev–Trinajstić information content (AvgIpc) is 2.93. The lowest BCUT2D eigenvalue weighted by atomic mass is 10.0. The van der Waals surface area contributed by atoms with Crippen molar-refractivity contribution in [2.75, 3.05) is 0 Å². The lowest BCUT2D eigenvalue weighted by Gasteiger charge is -2.11. The highest BCUT2D eigenvalue weighted by atomic mass is 19.4. The van der Waals surface area contributed by atoms with E-state index in [0.29, 0.717) is 23.4 Å². The molecule has 0 bridgehead atoms. The number of alkyl halides is 3. The summed E-state index contributed by atoms with van der Waals surface area (Å²) in [6.07, 6.45) is -0.416. The van der Waals surface area contributed by atoms with Crippen LogP contribution in [0.25, 0.3) is 17.3 Å². The van der Waals surface area contributed by atoms with Crippen molar-refractivity contribution >= 4 is 6.08 Å². The summed E-state index contributed by atoms with van der Waals surface area (Å²) in [5.74, 6) is -0.281. The number of ether oxygens (including phenoxy) is 1. The van der Waals surface area contributed by atoms with Gasteiger partial charge < -0.3 is 4.74 Å². The number of nitriles is 1. The molecule has 0 saturated heterocycles. The molecule has 110 valence electrons. The molecular formula is C15H8F3N3O. The van der Waals surface area contributed by atoms with E-state index in [4.69, 9.17) is 5.26 Å². The molecule has 4 nitrogen and oxygen atoms in total. The van der Waals surface area contributed by atoms with E-state index in [1.807, 2.05) is 12.1 Å². The second kappa shape index (κ2) is 5.15. The highest BCUT2D eigenvalue weighted by Gasteiger charge is 2.31. The molecule has 0 radical (unpaired) electrons. The Hall–Kier alpha value is -2.88. The molecule has 1 heterocycles. The summed E-state index contributed by atoms with van der Waals surface area (Å²) < 4.78 is 40.3. The number of allylic oxidation sites excluding steroid dienone is 1. The monoisotopic (exact) mass is 303 g/mol. The van der Waals surface area contributed by atoms with Gasteiger partial charge in [-0.3, -0.25) is 0 Å². The van der Waals surface area contributed by atoms with Crippen LogP contribution in [0.3, 0.4) is 0 Å². The van der Waals surface area contributed by atoms with E-state index in [1.54, 1.807) is 6.08 Å². The number of fused-ring (bicyclic) bond motifs is 1. The van der Waals surface area contributed by atoms with Crippen LogP contribution in [0, 0.1) is 11.3 Å². The highest BCUT2D eigenvalue weighted by molar-refractivity contribution is 5.71. The van der Waals surface area contributed by atoms with E-state index >= 15 is 0 Å². The molecule has 0 fully saturated rings. The van der Waals surface area contributed by atoms with Crippen LogP contribution >= 0.6 is 0 Å². The molecular weight excluding hydrogens is 295 g/mol. The van der Waals surface area contributed by atoms with Crippen molar-refractivity contribution in [2.24, 2.45) is 0 Å². The number of hydrogen-bond acceptors (Lipinski definition) is 4. The quantitative estimate of drug-likeness (QED) is 0.852. The molecule has 1 aliphatic rings. The van der Waals surface area contributed by atoms with Crippen LogP contribution < -0.4 is 4.74 Å². The Balaban J connectivity index is 1.99. The van der Waals surface area contributed by atoms with E-state index in [1.165, 1.54) is 24.3 Å². The van der Waals surface area contributed by atoms with Crippen LogP contribution in [0.2, 0.25) is 0 Å². The Morgan fingerprint density at radius 2 is 1.86 bits per heavy atom. The zero-order valence-corrected chi connectivity index (χ0v) is 11.1. The minimum absolute atomic E-state index is 0.0240. The zero-order valence-electron chi connectivity index (χ0n) is 11.1. The van der Waals surface area contributed by atoms with Gasteiger partial charge in [0.2, 0.25) is 5.82 Å². The number of rotatable bonds is 2. The summed E-state index contributed by atoms with van der Waals surface area (Å²) in [4.78, 5) is 8.25. The normalized spacial score (nSPS) is 12.8. The minimum atomic E-state index is -4.73. The van der Waals surface area contributed by atoms with Gasteiger partial charge in [-0.15, -0.1) is 13.2 Å². The lowest BCUT2D eigenvalue weighted by Crippen LogP contribution is -2.16. The van der Waals surface area contributed by atoms with Gasteiger partial charge in [0.05, 0.1) is 11.4 Å².